The van der Waals surface area contributed by atoms with E-state index in [2.05, 4.69) is 12.2 Å². The third kappa shape index (κ3) is 6.06. The van der Waals surface area contributed by atoms with Crippen LogP contribution in [0.1, 0.15) is 58.3 Å². The average Bonchev–Trinajstić information content (AvgIpc) is 2.24. The molecule has 0 heterocycles. The largest absolute Gasteiger partial charge is 0.356 e. The molecule has 17 heavy (non-hydrogen) atoms. The highest BCUT2D eigenvalue weighted by Gasteiger charge is 2.18. The van der Waals surface area contributed by atoms with Gasteiger partial charge in [0.05, 0.1) is 0 Å². The summed E-state index contributed by atoms with van der Waals surface area (Å²) in [4.78, 5) is 11.7. The molecule has 0 radical (unpaired) electrons. The van der Waals surface area contributed by atoms with Crippen LogP contribution in [-0.4, -0.2) is 19.0 Å². The number of nitrogens with one attached hydrogen (secondary N) is 1. The molecule has 0 saturated heterocycles. The molecule has 1 aliphatic rings. The standard InChI is InChI=1S/C14H28N2O/c1-2-4-12(9-10-15)7-8-14(17)16-11-13-5-3-6-13/h12-13H,2-11,15H2,1H3,(H,16,17). The first-order valence-corrected chi connectivity index (χ1v) is 7.23. The highest BCUT2D eigenvalue weighted by atomic mass is 16.1. The van der Waals surface area contributed by atoms with E-state index in [1.807, 2.05) is 0 Å². The fraction of sp³-hybridized carbons (Fsp3) is 0.929. The summed E-state index contributed by atoms with van der Waals surface area (Å²) in [6.07, 6.45) is 9.07. The van der Waals surface area contributed by atoms with Crippen LogP contribution in [0.3, 0.4) is 0 Å². The Balaban J connectivity index is 2.06. The Labute approximate surface area is 106 Å². The Kier molecular flexibility index (Phi) is 7.25. The molecule has 1 amide bonds. The topological polar surface area (TPSA) is 55.1 Å². The summed E-state index contributed by atoms with van der Waals surface area (Å²) >= 11 is 0. The fourth-order valence-electron chi connectivity index (χ4n) is 2.46. The number of hydrogen-bond acceptors (Lipinski definition) is 2. The Morgan fingerprint density at radius 2 is 2.12 bits per heavy atom. The van der Waals surface area contributed by atoms with Gasteiger partial charge in [0.2, 0.25) is 5.91 Å². The summed E-state index contributed by atoms with van der Waals surface area (Å²) in [5, 5.41) is 3.05. The molecule has 1 unspecified atom stereocenters. The molecular weight excluding hydrogens is 212 g/mol. The number of rotatable bonds is 9. The van der Waals surface area contributed by atoms with E-state index in [-0.39, 0.29) is 5.91 Å². The van der Waals surface area contributed by atoms with Crippen LogP contribution in [0.2, 0.25) is 0 Å². The number of nitrogens with two attached hydrogens (primary N) is 1. The molecule has 0 aliphatic heterocycles. The van der Waals surface area contributed by atoms with Crippen molar-refractivity contribution in [1.82, 2.24) is 5.32 Å². The molecule has 0 bridgehead atoms. The molecule has 1 saturated carbocycles. The van der Waals surface area contributed by atoms with E-state index in [1.165, 1.54) is 32.1 Å². The maximum atomic E-state index is 11.7. The van der Waals surface area contributed by atoms with Crippen molar-refractivity contribution in [1.29, 1.82) is 0 Å². The number of carbonyl (C=O) groups excluding carboxylic acids is 1. The van der Waals surface area contributed by atoms with E-state index in [1.54, 1.807) is 0 Å². The third-order valence-electron chi connectivity index (χ3n) is 3.86. The Morgan fingerprint density at radius 3 is 2.65 bits per heavy atom. The van der Waals surface area contributed by atoms with E-state index < -0.39 is 0 Å². The molecule has 3 heteroatoms. The molecule has 1 aliphatic carbocycles. The molecular formula is C14H28N2O. The normalized spacial score (nSPS) is 17.5. The maximum Gasteiger partial charge on any atom is 0.220 e. The van der Waals surface area contributed by atoms with Crippen LogP contribution in [0.5, 0.6) is 0 Å². The minimum absolute atomic E-state index is 0.232. The quantitative estimate of drug-likeness (QED) is 0.650. The highest BCUT2D eigenvalue weighted by molar-refractivity contribution is 5.75. The lowest BCUT2D eigenvalue weighted by molar-refractivity contribution is -0.121. The molecule has 1 rings (SSSR count). The third-order valence-corrected chi connectivity index (χ3v) is 3.86. The van der Waals surface area contributed by atoms with Gasteiger partial charge in [-0.15, -0.1) is 0 Å². The first kappa shape index (κ1) is 14.5. The smallest absolute Gasteiger partial charge is 0.220 e. The summed E-state index contributed by atoms with van der Waals surface area (Å²) in [6.45, 7) is 3.84. The van der Waals surface area contributed by atoms with Crippen molar-refractivity contribution in [3.8, 4) is 0 Å². The molecule has 3 N–H and O–H groups in total. The van der Waals surface area contributed by atoms with Gasteiger partial charge >= 0.3 is 0 Å². The second-order valence-electron chi connectivity index (χ2n) is 5.37. The highest BCUT2D eigenvalue weighted by Crippen LogP contribution is 2.25. The van der Waals surface area contributed by atoms with E-state index >= 15 is 0 Å². The zero-order valence-electron chi connectivity index (χ0n) is 11.2. The first-order valence-electron chi connectivity index (χ1n) is 7.23. The number of carbonyl (C=O) groups is 1. The first-order chi connectivity index (χ1) is 8.26. The van der Waals surface area contributed by atoms with Crippen LogP contribution < -0.4 is 11.1 Å². The molecule has 0 aromatic rings. The summed E-state index contributed by atoms with van der Waals surface area (Å²) < 4.78 is 0. The Morgan fingerprint density at radius 1 is 1.35 bits per heavy atom. The maximum absolute atomic E-state index is 11.7. The Bertz CT molecular complexity index is 208. The van der Waals surface area contributed by atoms with Gasteiger partial charge in [-0.3, -0.25) is 4.79 Å². The van der Waals surface area contributed by atoms with Gasteiger partial charge in [0.15, 0.2) is 0 Å². The van der Waals surface area contributed by atoms with Crippen LogP contribution in [0.4, 0.5) is 0 Å². The summed E-state index contributed by atoms with van der Waals surface area (Å²) in [6, 6.07) is 0. The van der Waals surface area contributed by atoms with E-state index in [4.69, 9.17) is 5.73 Å². The SMILES string of the molecule is CCCC(CCN)CCC(=O)NCC1CCC1. The lowest BCUT2D eigenvalue weighted by atomic mass is 9.85. The van der Waals surface area contributed by atoms with Gasteiger partial charge in [-0.2, -0.15) is 0 Å². The van der Waals surface area contributed by atoms with Crippen molar-refractivity contribution in [3.63, 3.8) is 0 Å². The fourth-order valence-corrected chi connectivity index (χ4v) is 2.46. The second kappa shape index (κ2) is 8.51. The average molecular weight is 240 g/mol. The number of amides is 1. The van der Waals surface area contributed by atoms with Crippen LogP contribution in [-0.2, 0) is 4.79 Å². The Hall–Kier alpha value is -0.570. The van der Waals surface area contributed by atoms with Gasteiger partial charge in [0, 0.05) is 13.0 Å². The lowest BCUT2D eigenvalue weighted by Crippen LogP contribution is -2.32. The van der Waals surface area contributed by atoms with Crippen LogP contribution in [0.25, 0.3) is 0 Å². The van der Waals surface area contributed by atoms with Crippen LogP contribution in [0, 0.1) is 11.8 Å². The van der Waals surface area contributed by atoms with E-state index in [0.717, 1.165) is 31.8 Å². The van der Waals surface area contributed by atoms with E-state index in [0.29, 0.717) is 12.3 Å². The van der Waals surface area contributed by atoms with Crippen LogP contribution >= 0.6 is 0 Å². The predicted molar refractivity (Wildman–Crippen MR) is 71.7 cm³/mol. The van der Waals surface area contributed by atoms with Gasteiger partial charge in [0.25, 0.3) is 0 Å². The van der Waals surface area contributed by atoms with Crippen molar-refractivity contribution < 1.29 is 4.79 Å². The minimum Gasteiger partial charge on any atom is -0.356 e. The summed E-state index contributed by atoms with van der Waals surface area (Å²) in [5.74, 6) is 1.63. The zero-order chi connectivity index (χ0) is 12.5. The summed E-state index contributed by atoms with van der Waals surface area (Å²) in [7, 11) is 0. The van der Waals surface area contributed by atoms with Gasteiger partial charge in [-0.1, -0.05) is 26.2 Å². The molecule has 1 fully saturated rings. The number of hydrogen-bond donors (Lipinski definition) is 2. The van der Waals surface area contributed by atoms with Gasteiger partial charge < -0.3 is 11.1 Å². The molecule has 0 spiro atoms. The second-order valence-corrected chi connectivity index (χ2v) is 5.37. The molecule has 0 aromatic carbocycles. The van der Waals surface area contributed by atoms with Crippen molar-refractivity contribution >= 4 is 5.91 Å². The van der Waals surface area contributed by atoms with Crippen molar-refractivity contribution in [2.24, 2.45) is 17.6 Å². The van der Waals surface area contributed by atoms with Crippen molar-refractivity contribution in [3.05, 3.63) is 0 Å². The van der Waals surface area contributed by atoms with E-state index in [9.17, 15) is 4.79 Å². The zero-order valence-corrected chi connectivity index (χ0v) is 11.2. The monoisotopic (exact) mass is 240 g/mol. The van der Waals surface area contributed by atoms with Gasteiger partial charge in [-0.25, -0.2) is 0 Å². The predicted octanol–water partition coefficient (Wildman–Crippen LogP) is 2.45. The molecule has 0 aromatic heterocycles. The van der Waals surface area contributed by atoms with Crippen LogP contribution in [0.15, 0.2) is 0 Å². The lowest BCUT2D eigenvalue weighted by Gasteiger charge is -2.25. The molecule has 1 atom stereocenters. The minimum atomic E-state index is 0.232. The molecule has 3 nitrogen and oxygen atoms in total. The van der Waals surface area contributed by atoms with Gasteiger partial charge in [0.1, 0.15) is 0 Å². The summed E-state index contributed by atoms with van der Waals surface area (Å²) in [5.41, 5.74) is 5.59. The van der Waals surface area contributed by atoms with Crippen molar-refractivity contribution in [2.45, 2.75) is 58.3 Å². The van der Waals surface area contributed by atoms with Gasteiger partial charge in [-0.05, 0) is 44.1 Å². The van der Waals surface area contributed by atoms with Crippen molar-refractivity contribution in [2.75, 3.05) is 13.1 Å². The molecule has 100 valence electrons.